The van der Waals surface area contributed by atoms with Gasteiger partial charge in [0.05, 0.1) is 45.2 Å². The SMILES string of the molecule is CC[C@H](C)[C@@H]1NC(=O)[C@H](CC(C)C)N(C)C(=O)C[C@@H](C(=O)N2CCOCC2)N(C)C(=O)[C@H](C2CCCC2)N(C)C(=O)C2(CCCC2)NC(=O)[C@H](CCC(=O)N2CC(F)(F)C2)N(C)C(=O)[C@H](CCC2CCC(C(F)(F)F)C(Cl)C2)NC(=O)CN(C)C(=O)[C@H](CC2CCCCC2)N(C)C(=O)[C@@H]2CCN2C(=O)[C@H](C)N(C)C1=O. The number of carbonyl (C=O) groups is 13. The Morgan fingerprint density at radius 2 is 1.24 bits per heavy atom. The van der Waals surface area contributed by atoms with Crippen LogP contribution in [0.4, 0.5) is 22.0 Å². The summed E-state index contributed by atoms with van der Waals surface area (Å²) >= 11 is 6.43. The minimum Gasteiger partial charge on any atom is -0.378 e. The molecule has 8 fully saturated rings. The monoisotopic (exact) mass is 1580 g/mol. The van der Waals surface area contributed by atoms with Gasteiger partial charge in [0.1, 0.15) is 59.9 Å². The lowest BCUT2D eigenvalue weighted by Crippen LogP contribution is -2.65. The van der Waals surface area contributed by atoms with Gasteiger partial charge in [0, 0.05) is 80.8 Å². The Bertz CT molecular complexity index is 3310. The van der Waals surface area contributed by atoms with E-state index in [1.165, 1.54) is 85.7 Å². The lowest BCUT2D eigenvalue weighted by molar-refractivity contribution is -0.182. The first kappa shape index (κ1) is 88.6. The van der Waals surface area contributed by atoms with E-state index in [0.29, 0.717) is 44.9 Å². The molecule has 0 aromatic rings. The molecule has 620 valence electrons. The molecule has 8 rings (SSSR count). The molecule has 33 heteroatoms. The van der Waals surface area contributed by atoms with E-state index in [2.05, 4.69) is 16.0 Å². The molecule has 4 saturated heterocycles. The van der Waals surface area contributed by atoms with E-state index in [4.69, 9.17) is 16.3 Å². The molecule has 1 spiro atoms. The van der Waals surface area contributed by atoms with Crippen LogP contribution in [0.2, 0.25) is 0 Å². The number of amides is 13. The van der Waals surface area contributed by atoms with Crippen molar-refractivity contribution in [2.75, 3.05) is 102 Å². The van der Waals surface area contributed by atoms with Crippen LogP contribution in [0.5, 0.6) is 0 Å². The smallest absolute Gasteiger partial charge is 0.378 e. The molecule has 13 atom stereocenters. The minimum atomic E-state index is -4.59. The Kier molecular flexibility index (Phi) is 30.8. The van der Waals surface area contributed by atoms with E-state index in [1.807, 2.05) is 20.8 Å². The van der Waals surface area contributed by atoms with Crippen LogP contribution >= 0.6 is 11.6 Å². The predicted molar refractivity (Wildman–Crippen MR) is 397 cm³/mol. The summed E-state index contributed by atoms with van der Waals surface area (Å²) in [7, 11) is 9.62. The molecule has 8 aliphatic rings. The number of likely N-dealkylation sites (tertiary alicyclic amines) is 1. The number of ether oxygens (including phenoxy) is 1. The normalized spacial score (nSPS) is 30.7. The standard InChI is InChI=1S/C77H121ClF5N13O14/c1-13-47(4)63-72(107)88(7)48(5)67(102)96-34-31-56(96)70(105)91(10)58(41-49-21-15-14-16-22-49)69(104)87(6)43-60(97)84-54(28-26-50-25-27-52(53(78)40-50)77(81,82)83)68(103)90(9)55(29-30-61(98)95-44-76(79,80)45-95)66(101)86-75(32-19-20-33-75)74(109)93(12)64(51-23-17-18-24-51)73(108)92(11)59(71(106)94-35-37-110-38-36-94)42-62(99)89(8)57(39-46(2)3)65(100)85-63/h46-59,63-64H,13-45H2,1-12H3,(H,84,97)(H,85,100)(H,86,101)/t47-,48-,50?,52?,53?,54-,55-,56-,57-,58-,59-,63-,64-/m0/s1. The Labute approximate surface area is 649 Å². The van der Waals surface area contributed by atoms with Gasteiger partial charge in [0.15, 0.2) is 0 Å². The molecule has 4 saturated carbocycles. The number of alkyl halides is 6. The third kappa shape index (κ3) is 21.3. The van der Waals surface area contributed by atoms with Crippen molar-refractivity contribution in [2.24, 2.45) is 35.5 Å². The topological polar surface area (TPSA) is 300 Å². The summed E-state index contributed by atoms with van der Waals surface area (Å²) in [5.41, 5.74) is -1.80. The van der Waals surface area contributed by atoms with Crippen molar-refractivity contribution >= 4 is 88.4 Å². The molecule has 4 aliphatic heterocycles. The fourth-order valence-electron chi connectivity index (χ4n) is 17.7. The van der Waals surface area contributed by atoms with Crippen molar-refractivity contribution in [3.05, 3.63) is 0 Å². The summed E-state index contributed by atoms with van der Waals surface area (Å²) in [5, 5.41) is 7.29. The lowest BCUT2D eigenvalue weighted by atomic mass is 9.78. The third-order valence-electron chi connectivity index (χ3n) is 25.2. The van der Waals surface area contributed by atoms with Crippen molar-refractivity contribution < 1.29 is 89.0 Å². The molecule has 0 aromatic heterocycles. The summed E-state index contributed by atoms with van der Waals surface area (Å²) in [6, 6.07) is -12.1. The summed E-state index contributed by atoms with van der Waals surface area (Å²) in [6.07, 6.45) is 1.07. The second-order valence-corrected chi connectivity index (χ2v) is 33.9. The lowest BCUT2D eigenvalue weighted by Gasteiger charge is -2.45. The molecule has 0 bridgehead atoms. The first-order valence-corrected chi connectivity index (χ1v) is 40.5. The van der Waals surface area contributed by atoms with Crippen LogP contribution in [0.1, 0.15) is 195 Å². The van der Waals surface area contributed by atoms with E-state index in [-0.39, 0.29) is 109 Å². The number of hydrogen-bond donors (Lipinski definition) is 3. The Hall–Kier alpha value is -6.99. The molecule has 27 nitrogen and oxygen atoms in total. The minimum absolute atomic E-state index is 0.00885. The highest BCUT2D eigenvalue weighted by Gasteiger charge is 2.54. The first-order valence-electron chi connectivity index (χ1n) is 40.0. The van der Waals surface area contributed by atoms with Crippen LogP contribution < -0.4 is 16.0 Å². The maximum atomic E-state index is 15.9. The molecular formula is C77H121ClF5N13O14. The molecule has 110 heavy (non-hydrogen) atoms. The number of rotatable bonds is 14. The molecule has 0 aromatic carbocycles. The Balaban J connectivity index is 1.21. The molecular weight excluding hydrogens is 1460 g/mol. The van der Waals surface area contributed by atoms with Crippen molar-refractivity contribution in [1.29, 1.82) is 0 Å². The second-order valence-electron chi connectivity index (χ2n) is 33.3. The average Bonchev–Trinajstić information content (AvgIpc) is 1.63. The van der Waals surface area contributed by atoms with Crippen LogP contribution in [-0.2, 0) is 67.1 Å². The highest BCUT2D eigenvalue weighted by Crippen LogP contribution is 2.44. The summed E-state index contributed by atoms with van der Waals surface area (Å²) < 4.78 is 76.7. The second kappa shape index (κ2) is 38.2. The van der Waals surface area contributed by atoms with Gasteiger partial charge in [-0.05, 0) is 120 Å². The van der Waals surface area contributed by atoms with E-state index in [0.717, 1.165) is 51.7 Å². The van der Waals surface area contributed by atoms with Gasteiger partial charge < -0.3 is 69.7 Å². The summed E-state index contributed by atoms with van der Waals surface area (Å²) in [4.78, 5) is 209. The van der Waals surface area contributed by atoms with Gasteiger partial charge in [0.25, 0.3) is 5.92 Å². The molecule has 0 radical (unpaired) electrons. The maximum Gasteiger partial charge on any atom is 0.393 e. The van der Waals surface area contributed by atoms with Crippen molar-refractivity contribution in [1.82, 2.24) is 64.9 Å². The van der Waals surface area contributed by atoms with Gasteiger partial charge in [-0.25, -0.2) is 8.78 Å². The van der Waals surface area contributed by atoms with E-state index >= 15 is 38.4 Å². The van der Waals surface area contributed by atoms with Gasteiger partial charge in [-0.15, -0.1) is 11.6 Å². The zero-order chi connectivity index (χ0) is 81.2. The van der Waals surface area contributed by atoms with Crippen molar-refractivity contribution in [2.45, 2.75) is 273 Å². The van der Waals surface area contributed by atoms with Crippen LogP contribution in [0, 0.1) is 35.5 Å². The van der Waals surface area contributed by atoms with Crippen molar-refractivity contribution in [3.63, 3.8) is 0 Å². The van der Waals surface area contributed by atoms with E-state index in [9.17, 15) is 45.9 Å². The van der Waals surface area contributed by atoms with Crippen LogP contribution in [0.15, 0.2) is 0 Å². The highest BCUT2D eigenvalue weighted by atomic mass is 35.5. The number of hydrogen-bond acceptors (Lipinski definition) is 14. The van der Waals surface area contributed by atoms with Gasteiger partial charge in [-0.2, -0.15) is 13.2 Å². The fraction of sp³-hybridized carbons (Fsp3) is 0.831. The van der Waals surface area contributed by atoms with Crippen LogP contribution in [0.25, 0.3) is 0 Å². The van der Waals surface area contributed by atoms with Gasteiger partial charge >= 0.3 is 6.18 Å². The molecule has 4 aliphatic carbocycles. The Morgan fingerprint density at radius 3 is 1.81 bits per heavy atom. The number of likely N-dealkylation sites (N-methyl/N-ethyl adjacent to an activating group) is 7. The third-order valence-corrected chi connectivity index (χ3v) is 25.7. The summed E-state index contributed by atoms with van der Waals surface area (Å²) in [6.45, 7) is 6.86. The van der Waals surface area contributed by atoms with E-state index < -0.39 is 217 Å². The molecule has 3 N–H and O–H groups in total. The molecule has 3 unspecified atom stereocenters. The van der Waals surface area contributed by atoms with Gasteiger partial charge in [-0.1, -0.05) is 91.9 Å². The van der Waals surface area contributed by atoms with Gasteiger partial charge in [-0.3, -0.25) is 62.3 Å². The van der Waals surface area contributed by atoms with Crippen LogP contribution in [0.3, 0.4) is 0 Å². The fourth-order valence-corrected chi connectivity index (χ4v) is 18.2. The number of nitrogens with one attached hydrogen (secondary N) is 3. The molecule has 13 amide bonds. The largest absolute Gasteiger partial charge is 0.393 e. The maximum absolute atomic E-state index is 15.9. The van der Waals surface area contributed by atoms with Crippen molar-refractivity contribution in [3.8, 4) is 0 Å². The average molecular weight is 1580 g/mol. The Morgan fingerprint density at radius 1 is 0.618 bits per heavy atom. The highest BCUT2D eigenvalue weighted by molar-refractivity contribution is 6.21. The first-order chi connectivity index (χ1) is 51.7. The number of fused-ring (bicyclic) bond motifs is 1. The quantitative estimate of drug-likeness (QED) is 0.142. The van der Waals surface area contributed by atoms with E-state index in [1.54, 1.807) is 6.92 Å². The summed E-state index contributed by atoms with van der Waals surface area (Å²) in [5.74, 6) is -16.4. The number of morpholine rings is 1. The van der Waals surface area contributed by atoms with Crippen LogP contribution in [-0.4, -0.2) is 305 Å². The number of carbonyl (C=O) groups excluding carboxylic acids is 13. The number of halogens is 6. The zero-order valence-corrected chi connectivity index (χ0v) is 67.3. The predicted octanol–water partition coefficient (Wildman–Crippen LogP) is 5.57. The number of nitrogens with zero attached hydrogens (tertiary/aromatic N) is 10. The van der Waals surface area contributed by atoms with Gasteiger partial charge in [0.2, 0.25) is 76.8 Å². The molecule has 4 heterocycles. The zero-order valence-electron chi connectivity index (χ0n) is 66.5.